The number of rotatable bonds is 3. The molecule has 0 spiro atoms. The zero-order valence-corrected chi connectivity index (χ0v) is 14.4. The summed E-state index contributed by atoms with van der Waals surface area (Å²) in [6, 6.07) is 11.1. The van der Waals surface area contributed by atoms with Crippen molar-refractivity contribution in [3.05, 3.63) is 83.3 Å². The molecule has 134 valence electrons. The number of carbonyl (C=O) groups excluding carboxylic acids is 1. The van der Waals surface area contributed by atoms with Crippen molar-refractivity contribution < 1.29 is 18.7 Å². The van der Waals surface area contributed by atoms with Gasteiger partial charge in [-0.15, -0.1) is 0 Å². The molecule has 0 N–H and O–H groups in total. The van der Waals surface area contributed by atoms with Crippen LogP contribution in [0.25, 0.3) is 6.08 Å². The van der Waals surface area contributed by atoms with Crippen molar-refractivity contribution in [1.29, 1.82) is 0 Å². The molecule has 4 heterocycles. The number of fused-ring (bicyclic) bond motifs is 3. The number of aromatic nitrogens is 1. The molecule has 2 aliphatic rings. The van der Waals surface area contributed by atoms with Crippen molar-refractivity contribution in [2.75, 3.05) is 6.73 Å². The van der Waals surface area contributed by atoms with Gasteiger partial charge < -0.3 is 13.9 Å². The van der Waals surface area contributed by atoms with Crippen molar-refractivity contribution in [1.82, 2.24) is 9.88 Å². The molecule has 0 atom stereocenters. The standard InChI is InChI=1S/C21H16N2O4/c24-20-16-3-4-18-17(12-23(13-26-18)11-15-2-1-9-25-15)21(16)27-19(20)10-14-5-7-22-8-6-14/h1-10H,11-13H2. The Morgan fingerprint density at radius 1 is 1.15 bits per heavy atom. The summed E-state index contributed by atoms with van der Waals surface area (Å²) in [5.74, 6) is 2.40. The lowest BCUT2D eigenvalue weighted by molar-refractivity contribution is 0.0810. The van der Waals surface area contributed by atoms with E-state index in [1.165, 1.54) is 0 Å². The minimum atomic E-state index is -0.118. The van der Waals surface area contributed by atoms with E-state index in [4.69, 9.17) is 13.9 Å². The molecule has 6 heteroatoms. The monoisotopic (exact) mass is 360 g/mol. The Morgan fingerprint density at radius 3 is 2.85 bits per heavy atom. The van der Waals surface area contributed by atoms with E-state index in [0.29, 0.717) is 36.9 Å². The molecule has 0 bridgehead atoms. The molecular formula is C21H16N2O4. The first-order valence-electron chi connectivity index (χ1n) is 8.65. The van der Waals surface area contributed by atoms with Gasteiger partial charge in [0, 0.05) is 18.9 Å². The number of carbonyl (C=O) groups is 1. The van der Waals surface area contributed by atoms with E-state index >= 15 is 0 Å². The molecule has 1 aromatic carbocycles. The molecule has 0 radical (unpaired) electrons. The Balaban J connectivity index is 1.45. The van der Waals surface area contributed by atoms with Gasteiger partial charge in [0.1, 0.15) is 24.0 Å². The van der Waals surface area contributed by atoms with Gasteiger partial charge in [-0.1, -0.05) is 0 Å². The van der Waals surface area contributed by atoms with Crippen LogP contribution in [0.4, 0.5) is 0 Å². The van der Waals surface area contributed by atoms with Crippen LogP contribution in [0.15, 0.2) is 65.2 Å². The molecule has 5 rings (SSSR count). The van der Waals surface area contributed by atoms with Crippen molar-refractivity contribution in [3.63, 3.8) is 0 Å². The van der Waals surface area contributed by atoms with Crippen LogP contribution in [0.5, 0.6) is 11.5 Å². The molecule has 0 fully saturated rings. The van der Waals surface area contributed by atoms with E-state index in [-0.39, 0.29) is 5.78 Å². The number of ketones is 1. The van der Waals surface area contributed by atoms with Crippen molar-refractivity contribution in [2.45, 2.75) is 13.1 Å². The van der Waals surface area contributed by atoms with E-state index in [0.717, 1.165) is 22.6 Å². The normalized spacial score (nSPS) is 17.3. The number of benzene rings is 1. The number of ether oxygens (including phenoxy) is 2. The fraction of sp³-hybridized carbons (Fsp3) is 0.143. The fourth-order valence-electron chi connectivity index (χ4n) is 3.34. The maximum Gasteiger partial charge on any atom is 0.231 e. The molecule has 0 saturated heterocycles. The lowest BCUT2D eigenvalue weighted by atomic mass is 10.0. The predicted octanol–water partition coefficient (Wildman–Crippen LogP) is 3.64. The average Bonchev–Trinajstić information content (AvgIpc) is 3.31. The second kappa shape index (κ2) is 6.41. The zero-order valence-electron chi connectivity index (χ0n) is 14.4. The summed E-state index contributed by atoms with van der Waals surface area (Å²) in [6.07, 6.45) is 6.76. The molecule has 0 amide bonds. The lowest BCUT2D eigenvalue weighted by Crippen LogP contribution is -2.31. The first kappa shape index (κ1) is 15.8. The second-order valence-electron chi connectivity index (χ2n) is 6.48. The van der Waals surface area contributed by atoms with E-state index in [1.54, 1.807) is 30.8 Å². The van der Waals surface area contributed by atoms with E-state index < -0.39 is 0 Å². The Hall–Kier alpha value is -3.38. The van der Waals surface area contributed by atoms with Gasteiger partial charge in [-0.25, -0.2) is 0 Å². The third kappa shape index (κ3) is 2.90. The number of pyridine rings is 1. The quantitative estimate of drug-likeness (QED) is 0.665. The minimum Gasteiger partial charge on any atom is -0.478 e. The third-order valence-electron chi connectivity index (χ3n) is 4.65. The first-order valence-corrected chi connectivity index (χ1v) is 8.65. The van der Waals surface area contributed by atoms with E-state index in [9.17, 15) is 4.79 Å². The summed E-state index contributed by atoms with van der Waals surface area (Å²) in [5.41, 5.74) is 2.32. The molecule has 2 aliphatic heterocycles. The number of furan rings is 1. The van der Waals surface area contributed by atoms with Crippen LogP contribution in [0.3, 0.4) is 0 Å². The van der Waals surface area contributed by atoms with Gasteiger partial charge in [-0.2, -0.15) is 0 Å². The van der Waals surface area contributed by atoms with Crippen molar-refractivity contribution >= 4 is 11.9 Å². The van der Waals surface area contributed by atoms with Crippen LogP contribution in [0, 0.1) is 0 Å². The second-order valence-corrected chi connectivity index (χ2v) is 6.48. The first-order chi connectivity index (χ1) is 13.3. The minimum absolute atomic E-state index is 0.118. The average molecular weight is 360 g/mol. The summed E-state index contributed by atoms with van der Waals surface area (Å²) >= 11 is 0. The Morgan fingerprint density at radius 2 is 2.04 bits per heavy atom. The van der Waals surface area contributed by atoms with Gasteiger partial charge in [0.05, 0.1) is 23.9 Å². The van der Waals surface area contributed by atoms with Crippen LogP contribution in [-0.2, 0) is 13.1 Å². The van der Waals surface area contributed by atoms with Crippen LogP contribution in [0.2, 0.25) is 0 Å². The van der Waals surface area contributed by atoms with Gasteiger partial charge in [0.2, 0.25) is 5.78 Å². The summed E-state index contributed by atoms with van der Waals surface area (Å²) in [7, 11) is 0. The van der Waals surface area contributed by atoms with Crippen molar-refractivity contribution in [2.24, 2.45) is 0 Å². The fourth-order valence-corrected chi connectivity index (χ4v) is 3.34. The smallest absolute Gasteiger partial charge is 0.231 e. The van der Waals surface area contributed by atoms with E-state index in [1.807, 2.05) is 30.3 Å². The maximum absolute atomic E-state index is 12.7. The number of Topliss-reactive ketones (excluding diaryl/α,β-unsaturated/α-hetero) is 1. The van der Waals surface area contributed by atoms with Crippen LogP contribution in [0.1, 0.15) is 27.2 Å². The molecule has 0 unspecified atom stereocenters. The van der Waals surface area contributed by atoms with Gasteiger partial charge in [0.25, 0.3) is 0 Å². The van der Waals surface area contributed by atoms with Crippen LogP contribution < -0.4 is 9.47 Å². The Kier molecular flexibility index (Phi) is 3.76. The third-order valence-corrected chi connectivity index (χ3v) is 4.65. The van der Waals surface area contributed by atoms with Crippen LogP contribution >= 0.6 is 0 Å². The topological polar surface area (TPSA) is 64.8 Å². The largest absolute Gasteiger partial charge is 0.478 e. The van der Waals surface area contributed by atoms with Gasteiger partial charge in [-0.05, 0) is 48.0 Å². The molecule has 0 saturated carbocycles. The van der Waals surface area contributed by atoms with Gasteiger partial charge in [-0.3, -0.25) is 14.7 Å². The molecule has 27 heavy (non-hydrogen) atoms. The lowest BCUT2D eigenvalue weighted by Gasteiger charge is -2.29. The number of hydrogen-bond donors (Lipinski definition) is 0. The maximum atomic E-state index is 12.7. The SMILES string of the molecule is O=C1C(=Cc2ccncc2)Oc2c1ccc1c2CN(Cc2ccco2)CO1. The van der Waals surface area contributed by atoms with Gasteiger partial charge >= 0.3 is 0 Å². The summed E-state index contributed by atoms with van der Waals surface area (Å²) in [6.45, 7) is 1.71. The Bertz CT molecular complexity index is 1030. The predicted molar refractivity (Wildman–Crippen MR) is 97.1 cm³/mol. The highest BCUT2D eigenvalue weighted by Crippen LogP contribution is 2.42. The number of nitrogens with zero attached hydrogens (tertiary/aromatic N) is 2. The van der Waals surface area contributed by atoms with Gasteiger partial charge in [0.15, 0.2) is 5.76 Å². The highest BCUT2D eigenvalue weighted by atomic mass is 16.5. The molecular weight excluding hydrogens is 344 g/mol. The number of hydrogen-bond acceptors (Lipinski definition) is 6. The molecule has 2 aromatic heterocycles. The molecule has 6 nitrogen and oxygen atoms in total. The van der Waals surface area contributed by atoms with Crippen molar-refractivity contribution in [3.8, 4) is 11.5 Å². The highest BCUT2D eigenvalue weighted by Gasteiger charge is 2.33. The molecule has 3 aromatic rings. The summed E-state index contributed by atoms with van der Waals surface area (Å²) in [5, 5.41) is 0. The Labute approximate surface area is 155 Å². The zero-order chi connectivity index (χ0) is 18.2. The van der Waals surface area contributed by atoms with Crippen LogP contribution in [-0.4, -0.2) is 22.4 Å². The summed E-state index contributed by atoms with van der Waals surface area (Å²) in [4.78, 5) is 18.8. The molecule has 0 aliphatic carbocycles. The highest BCUT2D eigenvalue weighted by molar-refractivity contribution is 6.15. The number of allylic oxidation sites excluding steroid dienone is 1. The summed E-state index contributed by atoms with van der Waals surface area (Å²) < 4.78 is 17.3. The van der Waals surface area contributed by atoms with E-state index in [2.05, 4.69) is 9.88 Å².